The highest BCUT2D eigenvalue weighted by molar-refractivity contribution is 7.99. The van der Waals surface area contributed by atoms with E-state index in [2.05, 4.69) is 10.1 Å². The molecule has 0 saturated carbocycles. The van der Waals surface area contributed by atoms with Crippen molar-refractivity contribution < 1.29 is 27.8 Å². The van der Waals surface area contributed by atoms with Crippen LogP contribution in [0.5, 0.6) is 5.75 Å². The molecular formula is C20H20ClF2NO4S. The average Bonchev–Trinajstić information content (AvgIpc) is 2.69. The quantitative estimate of drug-likeness (QED) is 0.414. The number of ether oxygens (including phenoxy) is 2. The minimum absolute atomic E-state index is 0.0763. The number of esters is 1. The van der Waals surface area contributed by atoms with Crippen LogP contribution in [0.3, 0.4) is 0 Å². The van der Waals surface area contributed by atoms with Gasteiger partial charge in [0.1, 0.15) is 5.75 Å². The molecule has 2 aromatic carbocycles. The second-order valence-electron chi connectivity index (χ2n) is 5.81. The molecule has 0 fully saturated rings. The van der Waals surface area contributed by atoms with Crippen LogP contribution in [0, 0.1) is 0 Å². The Morgan fingerprint density at radius 3 is 2.52 bits per heavy atom. The Hall–Kier alpha value is -2.32. The average molecular weight is 444 g/mol. The summed E-state index contributed by atoms with van der Waals surface area (Å²) >= 11 is 7.48. The molecule has 0 aromatic heterocycles. The number of carbonyl (C=O) groups excluding carboxylic acids is 2. The minimum Gasteiger partial charge on any atom is -0.456 e. The zero-order chi connectivity index (χ0) is 21.1. The molecule has 0 saturated heterocycles. The number of thioether (sulfide) groups is 1. The molecule has 0 aliphatic rings. The predicted octanol–water partition coefficient (Wildman–Crippen LogP) is 4.33. The maximum atomic E-state index is 12.1. The lowest BCUT2D eigenvalue weighted by molar-refractivity contribution is -0.148. The van der Waals surface area contributed by atoms with Crippen LogP contribution in [-0.2, 0) is 20.7 Å². The molecule has 0 bridgehead atoms. The summed E-state index contributed by atoms with van der Waals surface area (Å²) in [5.74, 6) is -0.299. The highest BCUT2D eigenvalue weighted by Gasteiger charge is 2.09. The molecule has 0 aliphatic heterocycles. The second-order valence-corrected chi connectivity index (χ2v) is 7.36. The van der Waals surface area contributed by atoms with Crippen LogP contribution in [0.4, 0.5) is 8.78 Å². The molecule has 0 unspecified atom stereocenters. The van der Waals surface area contributed by atoms with Gasteiger partial charge in [-0.15, -0.1) is 11.8 Å². The van der Waals surface area contributed by atoms with Crippen LogP contribution < -0.4 is 10.1 Å². The van der Waals surface area contributed by atoms with Gasteiger partial charge in [0.2, 0.25) is 0 Å². The van der Waals surface area contributed by atoms with Crippen LogP contribution in [-0.4, -0.2) is 37.4 Å². The van der Waals surface area contributed by atoms with Gasteiger partial charge < -0.3 is 14.8 Å². The summed E-state index contributed by atoms with van der Waals surface area (Å²) < 4.78 is 33.4. The molecule has 9 heteroatoms. The van der Waals surface area contributed by atoms with Gasteiger partial charge in [-0.3, -0.25) is 9.59 Å². The molecule has 156 valence electrons. The highest BCUT2D eigenvalue weighted by atomic mass is 35.5. The molecule has 0 atom stereocenters. The molecule has 2 rings (SSSR count). The van der Waals surface area contributed by atoms with Gasteiger partial charge in [-0.05, 0) is 36.2 Å². The van der Waals surface area contributed by atoms with Gasteiger partial charge in [0, 0.05) is 17.2 Å². The van der Waals surface area contributed by atoms with Crippen molar-refractivity contribution in [2.24, 2.45) is 0 Å². The van der Waals surface area contributed by atoms with Crippen LogP contribution in [0.25, 0.3) is 0 Å². The molecule has 0 aliphatic carbocycles. The third-order valence-electron chi connectivity index (χ3n) is 3.65. The van der Waals surface area contributed by atoms with E-state index in [0.29, 0.717) is 23.7 Å². The van der Waals surface area contributed by atoms with E-state index < -0.39 is 18.5 Å². The monoisotopic (exact) mass is 443 g/mol. The van der Waals surface area contributed by atoms with Crippen LogP contribution in [0.2, 0.25) is 5.02 Å². The van der Waals surface area contributed by atoms with Gasteiger partial charge in [-0.1, -0.05) is 35.9 Å². The Balaban J connectivity index is 1.58. The van der Waals surface area contributed by atoms with E-state index in [9.17, 15) is 18.4 Å². The van der Waals surface area contributed by atoms with E-state index in [1.807, 2.05) is 18.2 Å². The predicted molar refractivity (Wildman–Crippen MR) is 108 cm³/mol. The smallest absolute Gasteiger partial charge is 0.387 e. The normalized spacial score (nSPS) is 10.6. The van der Waals surface area contributed by atoms with Gasteiger partial charge >= 0.3 is 12.6 Å². The topological polar surface area (TPSA) is 64.6 Å². The number of benzene rings is 2. The Labute approximate surface area is 176 Å². The Kier molecular flexibility index (Phi) is 9.73. The van der Waals surface area contributed by atoms with Crippen molar-refractivity contribution in [3.63, 3.8) is 0 Å². The first-order valence-corrected chi connectivity index (χ1v) is 10.1. The van der Waals surface area contributed by atoms with Crippen molar-refractivity contribution in [3.05, 3.63) is 59.1 Å². The van der Waals surface area contributed by atoms with E-state index in [1.54, 1.807) is 18.2 Å². The fourth-order valence-corrected chi connectivity index (χ4v) is 3.43. The van der Waals surface area contributed by atoms with E-state index in [0.717, 1.165) is 10.5 Å². The first kappa shape index (κ1) is 23.0. The fourth-order valence-electron chi connectivity index (χ4n) is 2.26. The molecular weight excluding hydrogens is 424 g/mol. The van der Waals surface area contributed by atoms with Crippen molar-refractivity contribution in [1.82, 2.24) is 5.32 Å². The van der Waals surface area contributed by atoms with Crippen molar-refractivity contribution in [3.8, 4) is 5.75 Å². The lowest BCUT2D eigenvalue weighted by atomic mass is 10.1. The SMILES string of the molecule is O=C(COC(=O)CCSc1ccccc1Cl)NCCc1ccc(OC(F)F)cc1. The Bertz CT molecular complexity index is 805. The first-order chi connectivity index (χ1) is 13.9. The lowest BCUT2D eigenvalue weighted by Crippen LogP contribution is -2.30. The van der Waals surface area contributed by atoms with Gasteiger partial charge in [0.25, 0.3) is 5.91 Å². The number of rotatable bonds is 11. The summed E-state index contributed by atoms with van der Waals surface area (Å²) in [4.78, 5) is 24.3. The summed E-state index contributed by atoms with van der Waals surface area (Å²) in [6.07, 6.45) is 0.666. The number of hydrogen-bond donors (Lipinski definition) is 1. The minimum atomic E-state index is -2.86. The molecule has 0 radical (unpaired) electrons. The van der Waals surface area contributed by atoms with Crippen LogP contribution >= 0.6 is 23.4 Å². The third-order valence-corrected chi connectivity index (χ3v) is 5.17. The molecule has 0 spiro atoms. The maximum absolute atomic E-state index is 12.1. The summed E-state index contributed by atoms with van der Waals surface area (Å²) in [6.45, 7) is -2.89. The third kappa shape index (κ3) is 9.15. The van der Waals surface area contributed by atoms with Gasteiger partial charge in [-0.25, -0.2) is 0 Å². The van der Waals surface area contributed by atoms with Crippen molar-refractivity contribution in [2.75, 3.05) is 18.9 Å². The fraction of sp³-hybridized carbons (Fsp3) is 0.300. The zero-order valence-corrected chi connectivity index (χ0v) is 17.0. The maximum Gasteiger partial charge on any atom is 0.387 e. The Morgan fingerprint density at radius 1 is 1.10 bits per heavy atom. The molecule has 5 nitrogen and oxygen atoms in total. The lowest BCUT2D eigenvalue weighted by Gasteiger charge is -2.08. The van der Waals surface area contributed by atoms with Crippen molar-refractivity contribution in [2.45, 2.75) is 24.3 Å². The summed E-state index contributed by atoms with van der Waals surface area (Å²) in [5.41, 5.74) is 0.848. The van der Waals surface area contributed by atoms with Crippen molar-refractivity contribution >= 4 is 35.2 Å². The second kappa shape index (κ2) is 12.3. The van der Waals surface area contributed by atoms with E-state index >= 15 is 0 Å². The molecule has 2 aromatic rings. The van der Waals surface area contributed by atoms with Crippen molar-refractivity contribution in [1.29, 1.82) is 0 Å². The van der Waals surface area contributed by atoms with Crippen LogP contribution in [0.1, 0.15) is 12.0 Å². The summed E-state index contributed by atoms with van der Waals surface area (Å²) in [7, 11) is 0. The van der Waals surface area contributed by atoms with Crippen LogP contribution in [0.15, 0.2) is 53.4 Å². The van der Waals surface area contributed by atoms with E-state index in [-0.39, 0.29) is 18.8 Å². The number of carbonyl (C=O) groups is 2. The van der Waals surface area contributed by atoms with E-state index in [4.69, 9.17) is 16.3 Å². The number of nitrogens with one attached hydrogen (secondary N) is 1. The first-order valence-electron chi connectivity index (χ1n) is 8.77. The standard InChI is InChI=1S/C20H20ClF2NO4S/c21-16-3-1-2-4-17(16)29-12-10-19(26)27-13-18(25)24-11-9-14-5-7-15(8-6-14)28-20(22)23/h1-8,20H,9-13H2,(H,24,25). The molecule has 0 heterocycles. The molecule has 1 N–H and O–H groups in total. The Morgan fingerprint density at radius 2 is 1.83 bits per heavy atom. The van der Waals surface area contributed by atoms with Gasteiger partial charge in [0.15, 0.2) is 6.61 Å². The molecule has 29 heavy (non-hydrogen) atoms. The highest BCUT2D eigenvalue weighted by Crippen LogP contribution is 2.26. The van der Waals surface area contributed by atoms with Gasteiger partial charge in [0.05, 0.1) is 11.4 Å². The zero-order valence-electron chi connectivity index (χ0n) is 15.4. The molecule has 1 amide bonds. The number of hydrogen-bond acceptors (Lipinski definition) is 5. The van der Waals surface area contributed by atoms with Gasteiger partial charge in [-0.2, -0.15) is 8.78 Å². The number of halogens is 3. The summed E-state index contributed by atoms with van der Waals surface area (Å²) in [6, 6.07) is 13.5. The number of alkyl halides is 2. The summed E-state index contributed by atoms with van der Waals surface area (Å²) in [5, 5.41) is 3.26. The van der Waals surface area contributed by atoms with E-state index in [1.165, 1.54) is 23.9 Å². The largest absolute Gasteiger partial charge is 0.456 e. The number of amides is 1.